The highest BCUT2D eigenvalue weighted by Crippen LogP contribution is 2.20. The first-order valence-electron chi connectivity index (χ1n) is 2.45. The Morgan fingerprint density at radius 1 is 1.20 bits per heavy atom. The minimum Gasteiger partial charge on any atom is -0.206 e. The Morgan fingerprint density at radius 3 is 2.30 bits per heavy atom. The summed E-state index contributed by atoms with van der Waals surface area (Å²) >= 11 is 8.88. The van der Waals surface area contributed by atoms with Crippen molar-refractivity contribution in [2.24, 2.45) is 0 Å². The van der Waals surface area contributed by atoms with Gasteiger partial charge in [-0.3, -0.25) is 0 Å². The molecule has 0 fully saturated rings. The van der Waals surface area contributed by atoms with E-state index in [1.165, 1.54) is 0 Å². The van der Waals surface area contributed by atoms with E-state index in [-0.39, 0.29) is 9.92 Å². The van der Waals surface area contributed by atoms with Gasteiger partial charge in [0.05, 0.1) is 5.02 Å². The van der Waals surface area contributed by atoms with Gasteiger partial charge in [-0.2, -0.15) is 0 Å². The third-order valence-electron chi connectivity index (χ3n) is 0.990. The maximum atomic E-state index is 12.4. The predicted molar refractivity (Wildman–Crippen MR) is 38.6 cm³/mol. The minimum atomic E-state index is -0.659. The molecule has 4 heteroatoms. The highest BCUT2D eigenvalue weighted by atomic mass is 35.5. The summed E-state index contributed by atoms with van der Waals surface area (Å²) in [6, 6.07) is 1.82. The molecule has 0 N–H and O–H groups in total. The van der Waals surface area contributed by atoms with Crippen LogP contribution in [0.2, 0.25) is 5.02 Å². The Morgan fingerprint density at radius 2 is 1.80 bits per heavy atom. The highest BCUT2D eigenvalue weighted by molar-refractivity contribution is 7.80. The van der Waals surface area contributed by atoms with Crippen molar-refractivity contribution in [3.63, 3.8) is 0 Å². The molecule has 0 amide bonds. The fourth-order valence-electron chi connectivity index (χ4n) is 0.512. The van der Waals surface area contributed by atoms with E-state index in [4.69, 9.17) is 11.6 Å². The van der Waals surface area contributed by atoms with E-state index in [1.807, 2.05) is 0 Å². The molecule has 0 aliphatic heterocycles. The zero-order valence-electron chi connectivity index (χ0n) is 4.74. The van der Waals surface area contributed by atoms with Crippen LogP contribution in [0.1, 0.15) is 0 Å². The molecule has 0 aromatic heterocycles. The molecule has 0 aliphatic carbocycles. The molecule has 1 aromatic rings. The second-order valence-electron chi connectivity index (χ2n) is 1.72. The van der Waals surface area contributed by atoms with Gasteiger partial charge in [-0.15, -0.1) is 12.6 Å². The molecule has 10 heavy (non-hydrogen) atoms. The van der Waals surface area contributed by atoms with E-state index in [9.17, 15) is 8.78 Å². The Balaban J connectivity index is 3.28. The lowest BCUT2D eigenvalue weighted by Crippen LogP contribution is -1.81. The third kappa shape index (κ3) is 1.41. The number of benzene rings is 1. The van der Waals surface area contributed by atoms with Gasteiger partial charge in [-0.25, -0.2) is 8.78 Å². The van der Waals surface area contributed by atoms with Gasteiger partial charge in [0.1, 0.15) is 11.6 Å². The summed E-state index contributed by atoms with van der Waals surface area (Å²) in [5, 5.41) is -0.227. The van der Waals surface area contributed by atoms with E-state index in [1.54, 1.807) is 0 Å². The predicted octanol–water partition coefficient (Wildman–Crippen LogP) is 2.91. The molecule has 0 heterocycles. The fraction of sp³-hybridized carbons (Fsp3) is 0. The van der Waals surface area contributed by atoms with E-state index in [0.29, 0.717) is 0 Å². The molecule has 0 nitrogen and oxygen atoms in total. The fourth-order valence-corrected chi connectivity index (χ4v) is 0.840. The van der Waals surface area contributed by atoms with Crippen molar-refractivity contribution in [3.05, 3.63) is 28.8 Å². The molecule has 54 valence electrons. The monoisotopic (exact) mass is 180 g/mol. The second-order valence-corrected chi connectivity index (χ2v) is 2.61. The summed E-state index contributed by atoms with van der Waals surface area (Å²) in [7, 11) is 0. The topological polar surface area (TPSA) is 0 Å². The van der Waals surface area contributed by atoms with E-state index in [0.717, 1.165) is 12.1 Å². The van der Waals surface area contributed by atoms with E-state index >= 15 is 0 Å². The number of halogens is 3. The number of thiol groups is 1. The SMILES string of the molecule is Fc1cc(Cl)c(F)cc1S. The normalized spacial score (nSPS) is 10.0. The van der Waals surface area contributed by atoms with Crippen molar-refractivity contribution in [2.75, 3.05) is 0 Å². The largest absolute Gasteiger partial charge is 0.206 e. The lowest BCUT2D eigenvalue weighted by Gasteiger charge is -1.96. The summed E-state index contributed by atoms with van der Waals surface area (Å²) < 4.78 is 24.8. The molecule has 0 saturated carbocycles. The average Bonchev–Trinajstić information content (AvgIpc) is 1.84. The molecule has 0 bridgehead atoms. The van der Waals surface area contributed by atoms with Crippen LogP contribution in [0, 0.1) is 11.6 Å². The molecule has 0 aliphatic rings. The molecule has 0 unspecified atom stereocenters. The van der Waals surface area contributed by atoms with Gasteiger partial charge in [0.2, 0.25) is 0 Å². The molecule has 0 radical (unpaired) electrons. The Hall–Kier alpha value is -0.280. The van der Waals surface area contributed by atoms with Crippen LogP contribution in [0.4, 0.5) is 8.78 Å². The first kappa shape index (κ1) is 7.82. The van der Waals surface area contributed by atoms with Crippen LogP contribution in [-0.4, -0.2) is 0 Å². The van der Waals surface area contributed by atoms with Gasteiger partial charge < -0.3 is 0 Å². The van der Waals surface area contributed by atoms with Crippen molar-refractivity contribution in [1.82, 2.24) is 0 Å². The Bertz CT molecular complexity index is 212. The second kappa shape index (κ2) is 2.76. The van der Waals surface area contributed by atoms with Crippen molar-refractivity contribution in [1.29, 1.82) is 0 Å². The molecule has 0 saturated heterocycles. The molecular weight excluding hydrogens is 178 g/mol. The van der Waals surface area contributed by atoms with Gasteiger partial charge in [-0.1, -0.05) is 11.6 Å². The number of hydrogen-bond donors (Lipinski definition) is 1. The van der Waals surface area contributed by atoms with Crippen LogP contribution in [0.15, 0.2) is 17.0 Å². The standard InChI is InChI=1S/C6H3ClF2S/c7-3-1-5(9)6(10)2-4(3)8/h1-2,10H. The molecular formula is C6H3ClF2S. The van der Waals surface area contributed by atoms with Crippen molar-refractivity contribution in [2.45, 2.75) is 4.90 Å². The van der Waals surface area contributed by atoms with Crippen molar-refractivity contribution in [3.8, 4) is 0 Å². The Labute approximate surface area is 67.2 Å². The van der Waals surface area contributed by atoms with Crippen LogP contribution >= 0.6 is 24.2 Å². The third-order valence-corrected chi connectivity index (χ3v) is 1.62. The molecule has 1 aromatic carbocycles. The van der Waals surface area contributed by atoms with Crippen LogP contribution in [-0.2, 0) is 0 Å². The minimum absolute atomic E-state index is 0.0399. The van der Waals surface area contributed by atoms with E-state index in [2.05, 4.69) is 12.6 Å². The lowest BCUT2D eigenvalue weighted by atomic mass is 10.3. The van der Waals surface area contributed by atoms with Crippen LogP contribution in [0.5, 0.6) is 0 Å². The number of hydrogen-bond acceptors (Lipinski definition) is 1. The summed E-state index contributed by atoms with van der Waals surface area (Å²) in [4.78, 5) is -0.0399. The van der Waals surface area contributed by atoms with Gasteiger partial charge in [-0.05, 0) is 12.1 Å². The van der Waals surface area contributed by atoms with Crippen LogP contribution in [0.25, 0.3) is 0 Å². The zero-order chi connectivity index (χ0) is 7.72. The summed E-state index contributed by atoms with van der Waals surface area (Å²) in [6.45, 7) is 0. The highest BCUT2D eigenvalue weighted by Gasteiger charge is 2.04. The van der Waals surface area contributed by atoms with Gasteiger partial charge in [0.15, 0.2) is 0 Å². The van der Waals surface area contributed by atoms with E-state index < -0.39 is 11.6 Å². The van der Waals surface area contributed by atoms with Crippen LogP contribution in [0.3, 0.4) is 0 Å². The smallest absolute Gasteiger partial charge is 0.143 e. The van der Waals surface area contributed by atoms with Crippen molar-refractivity contribution >= 4 is 24.2 Å². The quantitative estimate of drug-likeness (QED) is 0.461. The lowest BCUT2D eigenvalue weighted by molar-refractivity contribution is 0.578. The molecule has 1 rings (SSSR count). The maximum Gasteiger partial charge on any atom is 0.143 e. The molecule has 0 spiro atoms. The summed E-state index contributed by atoms with van der Waals surface area (Å²) in [6.07, 6.45) is 0. The summed E-state index contributed by atoms with van der Waals surface area (Å²) in [5.74, 6) is -1.28. The van der Waals surface area contributed by atoms with Crippen molar-refractivity contribution < 1.29 is 8.78 Å². The first-order chi connectivity index (χ1) is 4.61. The zero-order valence-corrected chi connectivity index (χ0v) is 6.39. The summed E-state index contributed by atoms with van der Waals surface area (Å²) in [5.41, 5.74) is 0. The molecule has 0 atom stereocenters. The number of rotatable bonds is 0. The Kier molecular flexibility index (Phi) is 2.16. The maximum absolute atomic E-state index is 12.4. The first-order valence-corrected chi connectivity index (χ1v) is 3.27. The van der Waals surface area contributed by atoms with Crippen LogP contribution < -0.4 is 0 Å². The van der Waals surface area contributed by atoms with Gasteiger partial charge >= 0.3 is 0 Å². The van der Waals surface area contributed by atoms with Gasteiger partial charge in [0.25, 0.3) is 0 Å². The van der Waals surface area contributed by atoms with Gasteiger partial charge in [0, 0.05) is 4.90 Å². The average molecular weight is 181 g/mol.